The minimum absolute atomic E-state index is 0.0693. The Labute approximate surface area is 123 Å². The van der Waals surface area contributed by atoms with Gasteiger partial charge in [0, 0.05) is 16.1 Å². The fraction of sp³-hybridized carbons (Fsp3) is 0.188. The van der Waals surface area contributed by atoms with Crippen molar-refractivity contribution in [2.75, 3.05) is 14.2 Å². The van der Waals surface area contributed by atoms with E-state index in [1.165, 1.54) is 0 Å². The molecule has 0 unspecified atom stereocenters. The molecule has 20 heavy (non-hydrogen) atoms. The fourth-order valence-electron chi connectivity index (χ4n) is 1.98. The van der Waals surface area contributed by atoms with Crippen LogP contribution >= 0.6 is 11.6 Å². The van der Waals surface area contributed by atoms with Crippen LogP contribution in [0.1, 0.15) is 21.5 Å². The van der Waals surface area contributed by atoms with Crippen LogP contribution < -0.4 is 9.47 Å². The Morgan fingerprint density at radius 2 is 1.55 bits per heavy atom. The highest BCUT2D eigenvalue weighted by Crippen LogP contribution is 2.31. The number of hydrogen-bond acceptors (Lipinski definition) is 3. The van der Waals surface area contributed by atoms with Crippen LogP contribution in [-0.4, -0.2) is 20.0 Å². The molecule has 0 aliphatic rings. The van der Waals surface area contributed by atoms with Gasteiger partial charge in [-0.05, 0) is 48.9 Å². The third kappa shape index (κ3) is 2.78. The summed E-state index contributed by atoms with van der Waals surface area (Å²) in [5, 5.41) is 0.602. The summed E-state index contributed by atoms with van der Waals surface area (Å²) in [5.74, 6) is 1.08. The average Bonchev–Trinajstić information content (AvgIpc) is 2.47. The van der Waals surface area contributed by atoms with E-state index >= 15 is 0 Å². The van der Waals surface area contributed by atoms with E-state index in [2.05, 4.69) is 0 Å². The molecule has 0 aromatic heterocycles. The van der Waals surface area contributed by atoms with E-state index in [-0.39, 0.29) is 5.78 Å². The van der Waals surface area contributed by atoms with E-state index in [9.17, 15) is 4.79 Å². The number of carbonyl (C=O) groups excluding carboxylic acids is 1. The first kappa shape index (κ1) is 14.4. The van der Waals surface area contributed by atoms with Gasteiger partial charge in [0.25, 0.3) is 0 Å². The van der Waals surface area contributed by atoms with Crippen molar-refractivity contribution >= 4 is 17.4 Å². The molecule has 104 valence electrons. The SMILES string of the molecule is COc1cc(C)c(C(=O)c2ccc(Cl)cc2)cc1OC. The maximum absolute atomic E-state index is 12.5. The maximum Gasteiger partial charge on any atom is 0.193 e. The number of aryl methyl sites for hydroxylation is 1. The van der Waals surface area contributed by atoms with Crippen molar-refractivity contribution in [1.29, 1.82) is 0 Å². The van der Waals surface area contributed by atoms with Gasteiger partial charge in [0.05, 0.1) is 14.2 Å². The van der Waals surface area contributed by atoms with Crippen LogP contribution in [0.25, 0.3) is 0 Å². The quantitative estimate of drug-likeness (QED) is 0.801. The lowest BCUT2D eigenvalue weighted by Crippen LogP contribution is -2.05. The lowest BCUT2D eigenvalue weighted by molar-refractivity contribution is 0.103. The molecule has 0 amide bonds. The summed E-state index contributed by atoms with van der Waals surface area (Å²) in [6.45, 7) is 1.87. The zero-order valence-corrected chi connectivity index (χ0v) is 12.3. The van der Waals surface area contributed by atoms with Crippen molar-refractivity contribution in [1.82, 2.24) is 0 Å². The highest BCUT2D eigenvalue weighted by atomic mass is 35.5. The summed E-state index contributed by atoms with van der Waals surface area (Å²) in [4.78, 5) is 12.5. The number of rotatable bonds is 4. The summed E-state index contributed by atoms with van der Waals surface area (Å²) in [6, 6.07) is 10.3. The van der Waals surface area contributed by atoms with Crippen LogP contribution in [0.15, 0.2) is 36.4 Å². The number of benzene rings is 2. The van der Waals surface area contributed by atoms with Gasteiger partial charge >= 0.3 is 0 Å². The Balaban J connectivity index is 2.46. The standard InChI is InChI=1S/C16H15ClO3/c1-10-8-14(19-2)15(20-3)9-13(10)16(18)11-4-6-12(17)7-5-11/h4-9H,1-3H3. The van der Waals surface area contributed by atoms with Crippen molar-refractivity contribution in [3.8, 4) is 11.5 Å². The van der Waals surface area contributed by atoms with Crippen LogP contribution in [-0.2, 0) is 0 Å². The second kappa shape index (κ2) is 5.97. The Hall–Kier alpha value is -2.00. The summed E-state index contributed by atoms with van der Waals surface area (Å²) >= 11 is 5.83. The number of ketones is 1. The summed E-state index contributed by atoms with van der Waals surface area (Å²) in [7, 11) is 3.11. The highest BCUT2D eigenvalue weighted by Gasteiger charge is 2.16. The first-order valence-corrected chi connectivity index (χ1v) is 6.47. The van der Waals surface area contributed by atoms with Gasteiger partial charge < -0.3 is 9.47 Å². The molecule has 0 radical (unpaired) electrons. The molecule has 2 rings (SSSR count). The molecule has 4 heteroatoms. The Morgan fingerprint density at radius 1 is 1.00 bits per heavy atom. The summed E-state index contributed by atoms with van der Waals surface area (Å²) in [5.41, 5.74) is 2.01. The van der Waals surface area contributed by atoms with Crippen molar-refractivity contribution in [2.24, 2.45) is 0 Å². The average molecular weight is 291 g/mol. The number of ether oxygens (including phenoxy) is 2. The minimum Gasteiger partial charge on any atom is -0.493 e. The largest absolute Gasteiger partial charge is 0.493 e. The lowest BCUT2D eigenvalue weighted by Gasteiger charge is -2.12. The number of hydrogen-bond donors (Lipinski definition) is 0. The van der Waals surface area contributed by atoms with Crippen LogP contribution in [0.5, 0.6) is 11.5 Å². The molecule has 0 saturated heterocycles. The molecule has 0 heterocycles. The molecule has 0 aliphatic heterocycles. The first-order valence-electron chi connectivity index (χ1n) is 6.09. The number of methoxy groups -OCH3 is 2. The molecule has 0 atom stereocenters. The lowest BCUT2D eigenvalue weighted by atomic mass is 9.98. The predicted molar refractivity (Wildman–Crippen MR) is 79.2 cm³/mol. The normalized spacial score (nSPS) is 10.2. The molecule has 0 aliphatic carbocycles. The molecule has 0 fully saturated rings. The minimum atomic E-state index is -0.0693. The monoisotopic (exact) mass is 290 g/mol. The summed E-state index contributed by atoms with van der Waals surface area (Å²) < 4.78 is 10.5. The van der Waals surface area contributed by atoms with Gasteiger partial charge in [-0.15, -0.1) is 0 Å². The maximum atomic E-state index is 12.5. The van der Waals surface area contributed by atoms with Crippen LogP contribution in [0.3, 0.4) is 0 Å². The van der Waals surface area contributed by atoms with E-state index in [4.69, 9.17) is 21.1 Å². The molecular formula is C16H15ClO3. The molecule has 2 aromatic rings. The van der Waals surface area contributed by atoms with Gasteiger partial charge in [-0.1, -0.05) is 11.6 Å². The molecule has 0 N–H and O–H groups in total. The van der Waals surface area contributed by atoms with Crippen LogP contribution in [0.2, 0.25) is 5.02 Å². The second-order valence-corrected chi connectivity index (χ2v) is 4.79. The van der Waals surface area contributed by atoms with E-state index in [1.807, 2.05) is 6.92 Å². The van der Waals surface area contributed by atoms with Crippen molar-refractivity contribution in [2.45, 2.75) is 6.92 Å². The highest BCUT2D eigenvalue weighted by molar-refractivity contribution is 6.30. The number of halogens is 1. The van der Waals surface area contributed by atoms with Gasteiger partial charge in [-0.2, -0.15) is 0 Å². The van der Waals surface area contributed by atoms with Gasteiger partial charge in [0.2, 0.25) is 0 Å². The van der Waals surface area contributed by atoms with E-state index < -0.39 is 0 Å². The molecular weight excluding hydrogens is 276 g/mol. The van der Waals surface area contributed by atoms with Gasteiger partial charge in [-0.3, -0.25) is 4.79 Å². The Morgan fingerprint density at radius 3 is 2.10 bits per heavy atom. The van der Waals surface area contributed by atoms with E-state index in [0.29, 0.717) is 27.6 Å². The van der Waals surface area contributed by atoms with Crippen molar-refractivity contribution < 1.29 is 14.3 Å². The van der Waals surface area contributed by atoms with Gasteiger partial charge in [-0.25, -0.2) is 0 Å². The van der Waals surface area contributed by atoms with E-state index in [0.717, 1.165) is 5.56 Å². The van der Waals surface area contributed by atoms with E-state index in [1.54, 1.807) is 50.6 Å². The third-order valence-corrected chi connectivity index (χ3v) is 3.33. The van der Waals surface area contributed by atoms with Crippen LogP contribution in [0, 0.1) is 6.92 Å². The zero-order valence-electron chi connectivity index (χ0n) is 11.6. The fourth-order valence-corrected chi connectivity index (χ4v) is 2.11. The molecule has 0 saturated carbocycles. The Bertz CT molecular complexity index is 633. The zero-order chi connectivity index (χ0) is 14.7. The second-order valence-electron chi connectivity index (χ2n) is 4.36. The third-order valence-electron chi connectivity index (χ3n) is 3.08. The van der Waals surface area contributed by atoms with Gasteiger partial charge in [0.15, 0.2) is 17.3 Å². The Kier molecular flexibility index (Phi) is 4.30. The smallest absolute Gasteiger partial charge is 0.193 e. The molecule has 2 aromatic carbocycles. The molecule has 0 spiro atoms. The predicted octanol–water partition coefficient (Wildman–Crippen LogP) is 3.90. The van der Waals surface area contributed by atoms with Crippen molar-refractivity contribution in [3.63, 3.8) is 0 Å². The van der Waals surface area contributed by atoms with Crippen molar-refractivity contribution in [3.05, 3.63) is 58.1 Å². The summed E-state index contributed by atoms with van der Waals surface area (Å²) in [6.07, 6.45) is 0. The molecule has 0 bridgehead atoms. The first-order chi connectivity index (χ1) is 9.56. The van der Waals surface area contributed by atoms with Crippen LogP contribution in [0.4, 0.5) is 0 Å². The molecule has 3 nitrogen and oxygen atoms in total. The number of carbonyl (C=O) groups is 1. The van der Waals surface area contributed by atoms with Gasteiger partial charge in [0.1, 0.15) is 0 Å². The topological polar surface area (TPSA) is 35.5 Å².